The van der Waals surface area contributed by atoms with Crippen molar-refractivity contribution in [2.45, 2.75) is 50.8 Å². The SMILES string of the molecule is C[C@@H]1C[C@H](O)CN(C2CCCC2N)C1. The number of β-amino-alcohol motifs (C(OH)–C–C–N with tert-alkyl or cyclic N) is 1. The summed E-state index contributed by atoms with van der Waals surface area (Å²) in [5.41, 5.74) is 6.08. The summed E-state index contributed by atoms with van der Waals surface area (Å²) >= 11 is 0. The first-order chi connectivity index (χ1) is 6.66. The van der Waals surface area contributed by atoms with Crippen LogP contribution in [0.5, 0.6) is 0 Å². The molecule has 14 heavy (non-hydrogen) atoms. The summed E-state index contributed by atoms with van der Waals surface area (Å²) in [5, 5.41) is 9.71. The first-order valence-electron chi connectivity index (χ1n) is 5.84. The summed E-state index contributed by atoms with van der Waals surface area (Å²) < 4.78 is 0. The molecule has 4 atom stereocenters. The summed E-state index contributed by atoms with van der Waals surface area (Å²) in [6, 6.07) is 0.875. The van der Waals surface area contributed by atoms with Crippen LogP contribution in [0.1, 0.15) is 32.6 Å². The maximum atomic E-state index is 9.71. The Morgan fingerprint density at radius 3 is 2.64 bits per heavy atom. The molecule has 2 unspecified atom stereocenters. The zero-order valence-electron chi connectivity index (χ0n) is 9.02. The van der Waals surface area contributed by atoms with Crippen LogP contribution in [0.25, 0.3) is 0 Å². The van der Waals surface area contributed by atoms with E-state index in [4.69, 9.17) is 5.73 Å². The van der Waals surface area contributed by atoms with Crippen LogP contribution in [0.2, 0.25) is 0 Å². The molecule has 2 aliphatic rings. The summed E-state index contributed by atoms with van der Waals surface area (Å²) in [7, 11) is 0. The van der Waals surface area contributed by atoms with E-state index in [0.29, 0.717) is 18.0 Å². The minimum absolute atomic E-state index is 0.133. The lowest BCUT2D eigenvalue weighted by molar-refractivity contribution is 0.0200. The van der Waals surface area contributed by atoms with Gasteiger partial charge in [0, 0.05) is 25.2 Å². The predicted molar refractivity (Wildman–Crippen MR) is 57.0 cm³/mol. The lowest BCUT2D eigenvalue weighted by atomic mass is 9.95. The number of nitrogens with zero attached hydrogens (tertiary/aromatic N) is 1. The van der Waals surface area contributed by atoms with Crippen LogP contribution < -0.4 is 5.73 Å². The molecule has 0 amide bonds. The number of aliphatic hydroxyl groups is 1. The molecule has 0 aromatic heterocycles. The van der Waals surface area contributed by atoms with E-state index < -0.39 is 0 Å². The molecule has 1 aliphatic heterocycles. The third-order valence-electron chi connectivity index (χ3n) is 3.67. The molecule has 3 nitrogen and oxygen atoms in total. The highest BCUT2D eigenvalue weighted by Crippen LogP contribution is 2.27. The topological polar surface area (TPSA) is 49.5 Å². The van der Waals surface area contributed by atoms with Crippen molar-refractivity contribution < 1.29 is 5.11 Å². The maximum Gasteiger partial charge on any atom is 0.0670 e. The summed E-state index contributed by atoms with van der Waals surface area (Å²) in [6.07, 6.45) is 4.46. The van der Waals surface area contributed by atoms with Gasteiger partial charge in [0.2, 0.25) is 0 Å². The van der Waals surface area contributed by atoms with Crippen LogP contribution in [-0.4, -0.2) is 41.3 Å². The lowest BCUT2D eigenvalue weighted by Gasteiger charge is -2.39. The molecule has 0 bridgehead atoms. The fourth-order valence-electron chi connectivity index (χ4n) is 3.05. The van der Waals surface area contributed by atoms with Gasteiger partial charge in [-0.1, -0.05) is 13.3 Å². The van der Waals surface area contributed by atoms with Crippen LogP contribution in [0.3, 0.4) is 0 Å². The number of hydrogen-bond donors (Lipinski definition) is 2. The van der Waals surface area contributed by atoms with Gasteiger partial charge in [0.05, 0.1) is 6.10 Å². The second-order valence-electron chi connectivity index (χ2n) is 5.11. The van der Waals surface area contributed by atoms with Gasteiger partial charge in [0.15, 0.2) is 0 Å². The standard InChI is InChI=1S/C11H22N2O/c1-8-5-9(14)7-13(6-8)11-4-2-3-10(11)12/h8-11,14H,2-7,12H2,1H3/t8-,9+,10?,11?/m1/s1. The Labute approximate surface area is 86.3 Å². The lowest BCUT2D eigenvalue weighted by Crippen LogP contribution is -2.52. The van der Waals surface area contributed by atoms with Gasteiger partial charge < -0.3 is 10.8 Å². The van der Waals surface area contributed by atoms with Crippen molar-refractivity contribution in [3.8, 4) is 0 Å². The average molecular weight is 198 g/mol. The third-order valence-corrected chi connectivity index (χ3v) is 3.67. The molecule has 0 aromatic carbocycles. The summed E-state index contributed by atoms with van der Waals surface area (Å²) in [6.45, 7) is 4.17. The molecule has 0 aromatic rings. The molecule has 0 radical (unpaired) electrons. The van der Waals surface area contributed by atoms with Gasteiger partial charge in [-0.05, 0) is 25.2 Å². The first kappa shape index (κ1) is 10.4. The van der Waals surface area contributed by atoms with Gasteiger partial charge in [0.1, 0.15) is 0 Å². The molecule has 1 saturated heterocycles. The molecule has 82 valence electrons. The number of piperidine rings is 1. The minimum Gasteiger partial charge on any atom is -0.392 e. The number of hydrogen-bond acceptors (Lipinski definition) is 3. The Balaban J connectivity index is 1.95. The third kappa shape index (κ3) is 2.10. The van der Waals surface area contributed by atoms with Gasteiger partial charge in [0.25, 0.3) is 0 Å². The van der Waals surface area contributed by atoms with Crippen molar-refractivity contribution in [3.05, 3.63) is 0 Å². The molecule has 2 fully saturated rings. The summed E-state index contributed by atoms with van der Waals surface area (Å²) in [5.74, 6) is 0.617. The highest BCUT2D eigenvalue weighted by molar-refractivity contribution is 4.91. The second-order valence-corrected chi connectivity index (χ2v) is 5.11. The zero-order valence-corrected chi connectivity index (χ0v) is 9.02. The zero-order chi connectivity index (χ0) is 10.1. The molecule has 1 aliphatic carbocycles. The summed E-state index contributed by atoms with van der Waals surface area (Å²) in [4.78, 5) is 2.41. The number of nitrogens with two attached hydrogens (primary N) is 1. The molecule has 1 heterocycles. The first-order valence-corrected chi connectivity index (χ1v) is 5.84. The molecular formula is C11H22N2O. The molecule has 3 N–H and O–H groups in total. The van der Waals surface area contributed by atoms with E-state index in [1.165, 1.54) is 12.8 Å². The van der Waals surface area contributed by atoms with Crippen molar-refractivity contribution in [2.75, 3.05) is 13.1 Å². The van der Waals surface area contributed by atoms with Crippen LogP contribution in [0, 0.1) is 5.92 Å². The minimum atomic E-state index is -0.133. The molecular weight excluding hydrogens is 176 g/mol. The van der Waals surface area contributed by atoms with Crippen molar-refractivity contribution >= 4 is 0 Å². The van der Waals surface area contributed by atoms with Crippen molar-refractivity contribution in [1.29, 1.82) is 0 Å². The normalized spacial score (nSPS) is 45.6. The molecule has 1 saturated carbocycles. The van der Waals surface area contributed by atoms with Gasteiger partial charge >= 0.3 is 0 Å². The van der Waals surface area contributed by atoms with Gasteiger partial charge in [-0.15, -0.1) is 0 Å². The molecule has 2 rings (SSSR count). The largest absolute Gasteiger partial charge is 0.392 e. The van der Waals surface area contributed by atoms with Gasteiger partial charge in [-0.25, -0.2) is 0 Å². The number of rotatable bonds is 1. The van der Waals surface area contributed by atoms with E-state index in [1.807, 2.05) is 0 Å². The van der Waals surface area contributed by atoms with Crippen LogP contribution in [0.15, 0.2) is 0 Å². The quantitative estimate of drug-likeness (QED) is 0.647. The predicted octanol–water partition coefficient (Wildman–Crippen LogP) is 0.569. The van der Waals surface area contributed by atoms with Crippen LogP contribution >= 0.6 is 0 Å². The van der Waals surface area contributed by atoms with E-state index in [1.54, 1.807) is 0 Å². The van der Waals surface area contributed by atoms with Gasteiger partial charge in [-0.2, -0.15) is 0 Å². The Hall–Kier alpha value is -0.120. The highest BCUT2D eigenvalue weighted by atomic mass is 16.3. The van der Waals surface area contributed by atoms with E-state index in [-0.39, 0.29) is 6.10 Å². The maximum absolute atomic E-state index is 9.71. The Morgan fingerprint density at radius 1 is 1.29 bits per heavy atom. The number of likely N-dealkylation sites (tertiary alicyclic amines) is 1. The van der Waals surface area contributed by atoms with Gasteiger partial charge in [-0.3, -0.25) is 4.90 Å². The van der Waals surface area contributed by atoms with E-state index >= 15 is 0 Å². The molecule has 0 spiro atoms. The molecule has 3 heteroatoms. The Kier molecular flexibility index (Phi) is 3.10. The fourth-order valence-corrected chi connectivity index (χ4v) is 3.05. The second kappa shape index (κ2) is 4.17. The van der Waals surface area contributed by atoms with E-state index in [0.717, 1.165) is 25.9 Å². The number of aliphatic hydroxyl groups excluding tert-OH is 1. The van der Waals surface area contributed by atoms with E-state index in [9.17, 15) is 5.11 Å². The monoisotopic (exact) mass is 198 g/mol. The Bertz CT molecular complexity index is 188. The average Bonchev–Trinajstić information content (AvgIpc) is 2.49. The highest BCUT2D eigenvalue weighted by Gasteiger charge is 2.33. The van der Waals surface area contributed by atoms with Crippen molar-refractivity contribution in [1.82, 2.24) is 4.90 Å². The van der Waals surface area contributed by atoms with Crippen molar-refractivity contribution in [3.63, 3.8) is 0 Å². The Morgan fingerprint density at radius 2 is 2.07 bits per heavy atom. The van der Waals surface area contributed by atoms with Crippen LogP contribution in [0.4, 0.5) is 0 Å². The van der Waals surface area contributed by atoms with E-state index in [2.05, 4.69) is 11.8 Å². The van der Waals surface area contributed by atoms with Crippen LogP contribution in [-0.2, 0) is 0 Å². The fraction of sp³-hybridized carbons (Fsp3) is 1.00. The van der Waals surface area contributed by atoms with Crippen molar-refractivity contribution in [2.24, 2.45) is 11.7 Å². The smallest absolute Gasteiger partial charge is 0.0670 e.